The first-order chi connectivity index (χ1) is 9.86. The SMILES string of the molecule is OC1(c2cccc(OC(F)(F)F)c2)CCCC(C2CC2)C1. The Bertz CT molecular complexity index is 510. The summed E-state index contributed by atoms with van der Waals surface area (Å²) in [6.07, 6.45) is 1.02. The summed E-state index contributed by atoms with van der Waals surface area (Å²) in [5.74, 6) is 0.935. The second kappa shape index (κ2) is 5.20. The van der Waals surface area contributed by atoms with Crippen molar-refractivity contribution in [1.29, 1.82) is 0 Å². The Morgan fingerprint density at radius 3 is 2.57 bits per heavy atom. The van der Waals surface area contributed by atoms with Crippen LogP contribution in [0.1, 0.15) is 44.1 Å². The second-order valence-electron chi connectivity index (χ2n) is 6.30. The van der Waals surface area contributed by atoms with Crippen molar-refractivity contribution in [2.75, 3.05) is 0 Å². The molecule has 0 saturated heterocycles. The monoisotopic (exact) mass is 300 g/mol. The molecule has 2 fully saturated rings. The lowest BCUT2D eigenvalue weighted by Gasteiger charge is -2.37. The quantitative estimate of drug-likeness (QED) is 0.898. The molecule has 3 rings (SSSR count). The fourth-order valence-corrected chi connectivity index (χ4v) is 3.51. The van der Waals surface area contributed by atoms with Crippen molar-refractivity contribution >= 4 is 0 Å². The molecular weight excluding hydrogens is 281 g/mol. The largest absolute Gasteiger partial charge is 0.573 e. The Morgan fingerprint density at radius 2 is 1.90 bits per heavy atom. The molecule has 21 heavy (non-hydrogen) atoms. The number of hydrogen-bond acceptors (Lipinski definition) is 2. The van der Waals surface area contributed by atoms with Gasteiger partial charge in [-0.25, -0.2) is 0 Å². The Labute approximate surface area is 121 Å². The molecule has 0 aliphatic heterocycles. The van der Waals surface area contributed by atoms with E-state index in [9.17, 15) is 18.3 Å². The van der Waals surface area contributed by atoms with Crippen LogP contribution in [0.3, 0.4) is 0 Å². The van der Waals surface area contributed by atoms with Crippen molar-refractivity contribution in [1.82, 2.24) is 0 Å². The summed E-state index contributed by atoms with van der Waals surface area (Å²) in [7, 11) is 0. The van der Waals surface area contributed by atoms with Crippen molar-refractivity contribution in [2.24, 2.45) is 11.8 Å². The molecule has 116 valence electrons. The van der Waals surface area contributed by atoms with Crippen LogP contribution in [0.15, 0.2) is 24.3 Å². The zero-order valence-corrected chi connectivity index (χ0v) is 11.7. The fourth-order valence-electron chi connectivity index (χ4n) is 3.51. The normalized spacial score (nSPS) is 30.2. The highest BCUT2D eigenvalue weighted by atomic mass is 19.4. The Kier molecular flexibility index (Phi) is 3.64. The number of hydrogen-bond donors (Lipinski definition) is 1. The van der Waals surface area contributed by atoms with Gasteiger partial charge in [0, 0.05) is 0 Å². The van der Waals surface area contributed by atoms with Gasteiger partial charge in [0.15, 0.2) is 0 Å². The summed E-state index contributed by atoms with van der Waals surface area (Å²) in [5.41, 5.74) is -0.481. The summed E-state index contributed by atoms with van der Waals surface area (Å²) in [6, 6.07) is 5.79. The summed E-state index contributed by atoms with van der Waals surface area (Å²) < 4.78 is 40.9. The molecule has 1 N–H and O–H groups in total. The molecule has 0 radical (unpaired) electrons. The molecule has 0 spiro atoms. The van der Waals surface area contributed by atoms with Crippen LogP contribution in [-0.4, -0.2) is 11.5 Å². The lowest BCUT2D eigenvalue weighted by Crippen LogP contribution is -2.33. The van der Waals surface area contributed by atoms with E-state index in [0.29, 0.717) is 30.2 Å². The lowest BCUT2D eigenvalue weighted by atomic mass is 9.73. The predicted octanol–water partition coefficient (Wildman–Crippen LogP) is 4.37. The molecule has 2 nitrogen and oxygen atoms in total. The maximum Gasteiger partial charge on any atom is 0.573 e. The van der Waals surface area contributed by atoms with E-state index in [1.165, 1.54) is 31.0 Å². The molecule has 2 unspecified atom stereocenters. The molecule has 1 aromatic carbocycles. The first kappa shape index (κ1) is 14.7. The van der Waals surface area contributed by atoms with Gasteiger partial charge in [0.1, 0.15) is 5.75 Å². The van der Waals surface area contributed by atoms with Crippen molar-refractivity contribution in [3.63, 3.8) is 0 Å². The molecule has 1 aromatic rings. The van der Waals surface area contributed by atoms with E-state index >= 15 is 0 Å². The third kappa shape index (κ3) is 3.51. The van der Waals surface area contributed by atoms with Crippen molar-refractivity contribution in [3.05, 3.63) is 29.8 Å². The van der Waals surface area contributed by atoms with Gasteiger partial charge in [0.2, 0.25) is 0 Å². The van der Waals surface area contributed by atoms with Crippen LogP contribution in [-0.2, 0) is 5.60 Å². The third-order valence-corrected chi connectivity index (χ3v) is 4.66. The summed E-state index contributed by atoms with van der Waals surface area (Å²) >= 11 is 0. The topological polar surface area (TPSA) is 29.5 Å². The van der Waals surface area contributed by atoms with E-state index in [0.717, 1.165) is 12.8 Å². The zero-order valence-electron chi connectivity index (χ0n) is 11.7. The molecular formula is C16H19F3O2. The van der Waals surface area contributed by atoms with E-state index in [2.05, 4.69) is 4.74 Å². The van der Waals surface area contributed by atoms with Gasteiger partial charge in [-0.1, -0.05) is 12.1 Å². The molecule has 5 heteroatoms. The Balaban J connectivity index is 1.79. The highest BCUT2D eigenvalue weighted by Crippen LogP contribution is 2.49. The van der Waals surface area contributed by atoms with Crippen LogP contribution < -0.4 is 4.74 Å². The van der Waals surface area contributed by atoms with E-state index < -0.39 is 12.0 Å². The number of aliphatic hydroxyl groups is 1. The van der Waals surface area contributed by atoms with Gasteiger partial charge in [0.05, 0.1) is 5.60 Å². The molecule has 0 heterocycles. The van der Waals surface area contributed by atoms with Gasteiger partial charge in [-0.15, -0.1) is 13.2 Å². The molecule has 2 saturated carbocycles. The van der Waals surface area contributed by atoms with Gasteiger partial charge in [0.25, 0.3) is 0 Å². The zero-order chi connectivity index (χ0) is 15.1. The maximum atomic E-state index is 12.3. The fraction of sp³-hybridized carbons (Fsp3) is 0.625. The summed E-state index contributed by atoms with van der Waals surface area (Å²) in [6.45, 7) is 0. The highest BCUT2D eigenvalue weighted by Gasteiger charge is 2.42. The Morgan fingerprint density at radius 1 is 1.14 bits per heavy atom. The van der Waals surface area contributed by atoms with E-state index in [1.807, 2.05) is 0 Å². The van der Waals surface area contributed by atoms with Gasteiger partial charge < -0.3 is 9.84 Å². The molecule has 2 aliphatic carbocycles. The van der Waals surface area contributed by atoms with Crippen LogP contribution in [0.2, 0.25) is 0 Å². The lowest BCUT2D eigenvalue weighted by molar-refractivity contribution is -0.274. The van der Waals surface area contributed by atoms with E-state index in [4.69, 9.17) is 0 Å². The minimum absolute atomic E-state index is 0.262. The Hall–Kier alpha value is -1.23. The number of halogens is 3. The molecule has 2 atom stereocenters. The van der Waals surface area contributed by atoms with Crippen LogP contribution in [0.25, 0.3) is 0 Å². The van der Waals surface area contributed by atoms with E-state index in [1.54, 1.807) is 6.07 Å². The maximum absolute atomic E-state index is 12.3. The number of alkyl halides is 3. The van der Waals surface area contributed by atoms with Crippen LogP contribution >= 0.6 is 0 Å². The number of ether oxygens (including phenoxy) is 1. The average Bonchev–Trinajstić information content (AvgIpc) is 3.21. The van der Waals surface area contributed by atoms with Gasteiger partial charge >= 0.3 is 6.36 Å². The molecule has 0 aromatic heterocycles. The second-order valence-corrected chi connectivity index (χ2v) is 6.30. The average molecular weight is 300 g/mol. The van der Waals surface area contributed by atoms with Crippen molar-refractivity contribution in [2.45, 2.75) is 50.5 Å². The van der Waals surface area contributed by atoms with Gasteiger partial charge in [-0.05, 0) is 68.1 Å². The first-order valence-corrected chi connectivity index (χ1v) is 7.44. The molecule has 2 aliphatic rings. The van der Waals surface area contributed by atoms with Crippen LogP contribution in [0, 0.1) is 11.8 Å². The van der Waals surface area contributed by atoms with Gasteiger partial charge in [-0.2, -0.15) is 0 Å². The van der Waals surface area contributed by atoms with Gasteiger partial charge in [-0.3, -0.25) is 0 Å². The standard InChI is InChI=1S/C16H19F3O2/c17-16(18,19)21-14-5-1-4-13(9-14)15(20)8-2-3-12(10-15)11-6-7-11/h1,4-5,9,11-12,20H,2-3,6-8,10H2. The van der Waals surface area contributed by atoms with Crippen molar-refractivity contribution < 1.29 is 23.0 Å². The third-order valence-electron chi connectivity index (χ3n) is 4.66. The predicted molar refractivity (Wildman–Crippen MR) is 71.7 cm³/mol. The number of rotatable bonds is 3. The number of benzene rings is 1. The smallest absolute Gasteiger partial charge is 0.406 e. The van der Waals surface area contributed by atoms with Crippen LogP contribution in [0.4, 0.5) is 13.2 Å². The molecule has 0 bridgehead atoms. The summed E-state index contributed by atoms with van der Waals surface area (Å²) in [4.78, 5) is 0. The first-order valence-electron chi connectivity index (χ1n) is 7.44. The molecule has 0 amide bonds. The summed E-state index contributed by atoms with van der Waals surface area (Å²) in [5, 5.41) is 10.9. The van der Waals surface area contributed by atoms with E-state index in [-0.39, 0.29) is 5.75 Å². The highest BCUT2D eigenvalue weighted by molar-refractivity contribution is 5.33. The minimum atomic E-state index is -4.70. The minimum Gasteiger partial charge on any atom is -0.406 e. The van der Waals surface area contributed by atoms with Crippen LogP contribution in [0.5, 0.6) is 5.75 Å². The van der Waals surface area contributed by atoms with Crippen molar-refractivity contribution in [3.8, 4) is 5.75 Å².